The molecule has 1 aromatic carbocycles. The van der Waals surface area contributed by atoms with Gasteiger partial charge in [0.25, 0.3) is 0 Å². The van der Waals surface area contributed by atoms with E-state index in [0.29, 0.717) is 6.54 Å². The number of hydrogen-bond acceptors (Lipinski definition) is 3. The molecule has 0 atom stereocenters. The molecule has 0 bridgehead atoms. The van der Waals surface area contributed by atoms with Crippen LogP contribution in [0, 0.1) is 23.7 Å². The van der Waals surface area contributed by atoms with Gasteiger partial charge in [-0.2, -0.15) is 5.26 Å². The zero-order valence-corrected chi connectivity index (χ0v) is 10.4. The van der Waals surface area contributed by atoms with Gasteiger partial charge in [-0.25, -0.2) is 0 Å². The molecule has 1 N–H and O–H groups in total. The molecule has 1 saturated heterocycles. The van der Waals surface area contributed by atoms with Crippen LogP contribution in [0.25, 0.3) is 0 Å². The number of benzene rings is 1. The average Bonchev–Trinajstić information content (AvgIpc) is 2.28. The van der Waals surface area contributed by atoms with Crippen LogP contribution in [0.3, 0.4) is 0 Å². The third kappa shape index (κ3) is 2.52. The molecule has 0 saturated carbocycles. The lowest BCUT2D eigenvalue weighted by atomic mass is 9.87. The van der Waals surface area contributed by atoms with Crippen molar-refractivity contribution in [3.05, 3.63) is 35.4 Å². The molecule has 4 nitrogen and oxygen atoms in total. The Morgan fingerprint density at radius 1 is 1.56 bits per heavy atom. The van der Waals surface area contributed by atoms with E-state index in [0.717, 1.165) is 6.42 Å². The highest BCUT2D eigenvalue weighted by molar-refractivity contribution is 5.86. The molecule has 1 aromatic rings. The van der Waals surface area contributed by atoms with Gasteiger partial charge in [0.15, 0.2) is 5.41 Å². The second-order valence-electron chi connectivity index (χ2n) is 4.68. The molecule has 0 unspecified atom stereocenters. The summed E-state index contributed by atoms with van der Waals surface area (Å²) >= 11 is 0. The molecule has 0 aliphatic carbocycles. The first kappa shape index (κ1) is 12.6. The molecule has 2 rings (SSSR count). The molecule has 0 spiro atoms. The summed E-state index contributed by atoms with van der Waals surface area (Å²) in [5, 5.41) is 11.8. The van der Waals surface area contributed by atoms with E-state index in [-0.39, 0.29) is 19.1 Å². The third-order valence-corrected chi connectivity index (χ3v) is 3.13. The van der Waals surface area contributed by atoms with Crippen molar-refractivity contribution in [2.24, 2.45) is 5.41 Å². The van der Waals surface area contributed by atoms with Crippen LogP contribution in [0.15, 0.2) is 24.3 Å². The summed E-state index contributed by atoms with van der Waals surface area (Å²) in [6.07, 6.45) is 0.774. The molecule has 18 heavy (non-hydrogen) atoms. The smallest absolute Gasteiger partial charge is 0.245 e. The largest absolute Gasteiger partial charge is 0.377 e. The number of amides is 1. The summed E-state index contributed by atoms with van der Waals surface area (Å²) in [7, 11) is 0. The lowest BCUT2D eigenvalue weighted by Crippen LogP contribution is -2.53. The van der Waals surface area contributed by atoms with Crippen molar-refractivity contribution in [1.82, 2.24) is 5.32 Å². The molecular weight excluding hydrogens is 228 g/mol. The number of carbonyl (C=O) groups excluding carboxylic acids is 1. The predicted octanol–water partition coefficient (Wildman–Crippen LogP) is 1.19. The molecule has 4 heteroatoms. The van der Waals surface area contributed by atoms with Crippen molar-refractivity contribution in [2.45, 2.75) is 13.3 Å². The highest BCUT2D eigenvalue weighted by Crippen LogP contribution is 2.26. The summed E-state index contributed by atoms with van der Waals surface area (Å²) in [5.41, 5.74) is 1.44. The van der Waals surface area contributed by atoms with E-state index >= 15 is 0 Å². The monoisotopic (exact) mass is 244 g/mol. The SMILES string of the molecule is Cc1cccc(CCNC(=O)C2(C#N)COC2)c1. The predicted molar refractivity (Wildman–Crippen MR) is 66.8 cm³/mol. The highest BCUT2D eigenvalue weighted by atomic mass is 16.5. The Hall–Kier alpha value is -1.86. The quantitative estimate of drug-likeness (QED) is 0.865. The van der Waals surface area contributed by atoms with Crippen molar-refractivity contribution < 1.29 is 9.53 Å². The molecule has 0 radical (unpaired) electrons. The molecule has 1 fully saturated rings. The van der Waals surface area contributed by atoms with Gasteiger partial charge >= 0.3 is 0 Å². The van der Waals surface area contributed by atoms with Crippen LogP contribution in [0.4, 0.5) is 0 Å². The molecular formula is C14H16N2O2. The minimum atomic E-state index is -0.952. The van der Waals surface area contributed by atoms with Crippen molar-refractivity contribution in [3.8, 4) is 6.07 Å². The van der Waals surface area contributed by atoms with E-state index in [9.17, 15) is 4.79 Å². The van der Waals surface area contributed by atoms with Gasteiger partial charge in [0.05, 0.1) is 19.3 Å². The number of carbonyl (C=O) groups is 1. The third-order valence-electron chi connectivity index (χ3n) is 3.13. The van der Waals surface area contributed by atoms with Gasteiger partial charge in [0.2, 0.25) is 5.91 Å². The summed E-state index contributed by atoms with van der Waals surface area (Å²) in [5.74, 6) is -0.219. The van der Waals surface area contributed by atoms with Crippen molar-refractivity contribution >= 4 is 5.91 Å². The van der Waals surface area contributed by atoms with Gasteiger partial charge in [-0.15, -0.1) is 0 Å². The first-order valence-electron chi connectivity index (χ1n) is 5.99. The van der Waals surface area contributed by atoms with E-state index in [1.807, 2.05) is 31.2 Å². The Balaban J connectivity index is 1.82. The van der Waals surface area contributed by atoms with E-state index in [4.69, 9.17) is 10.00 Å². The fraction of sp³-hybridized carbons (Fsp3) is 0.429. The zero-order valence-electron chi connectivity index (χ0n) is 10.4. The summed E-state index contributed by atoms with van der Waals surface area (Å²) in [6, 6.07) is 10.2. The number of rotatable bonds is 4. The average molecular weight is 244 g/mol. The normalized spacial score (nSPS) is 16.4. The van der Waals surface area contributed by atoms with Crippen LogP contribution >= 0.6 is 0 Å². The Morgan fingerprint density at radius 3 is 2.89 bits per heavy atom. The van der Waals surface area contributed by atoms with Crippen molar-refractivity contribution in [3.63, 3.8) is 0 Å². The fourth-order valence-electron chi connectivity index (χ4n) is 1.91. The number of nitrogens with zero attached hydrogens (tertiary/aromatic N) is 1. The number of aryl methyl sites for hydroxylation is 1. The van der Waals surface area contributed by atoms with Gasteiger partial charge in [0, 0.05) is 6.54 Å². The van der Waals surface area contributed by atoms with Gasteiger partial charge in [-0.1, -0.05) is 29.8 Å². The minimum Gasteiger partial charge on any atom is -0.377 e. The van der Waals surface area contributed by atoms with Crippen LogP contribution in [0.2, 0.25) is 0 Å². The summed E-state index contributed by atoms with van der Waals surface area (Å²) in [4.78, 5) is 11.8. The minimum absolute atomic E-state index is 0.208. The first-order chi connectivity index (χ1) is 8.66. The van der Waals surface area contributed by atoms with Gasteiger partial charge in [-0.05, 0) is 18.9 Å². The molecule has 1 heterocycles. The van der Waals surface area contributed by atoms with Crippen LogP contribution in [0.1, 0.15) is 11.1 Å². The van der Waals surface area contributed by atoms with Crippen LogP contribution in [-0.4, -0.2) is 25.7 Å². The molecule has 1 aliphatic rings. The molecule has 1 amide bonds. The maximum atomic E-state index is 11.8. The van der Waals surface area contributed by atoms with Crippen molar-refractivity contribution in [2.75, 3.05) is 19.8 Å². The van der Waals surface area contributed by atoms with Crippen LogP contribution < -0.4 is 5.32 Å². The standard InChI is InChI=1S/C14H16N2O2/c1-11-3-2-4-12(7-11)5-6-16-13(17)14(8-15)9-18-10-14/h2-4,7H,5-6,9-10H2,1H3,(H,16,17). The lowest BCUT2D eigenvalue weighted by Gasteiger charge is -2.33. The topological polar surface area (TPSA) is 62.1 Å². The molecule has 0 aromatic heterocycles. The number of ether oxygens (including phenoxy) is 1. The Morgan fingerprint density at radius 2 is 2.33 bits per heavy atom. The Labute approximate surface area is 107 Å². The number of hydrogen-bond donors (Lipinski definition) is 1. The van der Waals surface area contributed by atoms with Gasteiger partial charge in [-0.3, -0.25) is 4.79 Å². The second-order valence-corrected chi connectivity index (χ2v) is 4.68. The van der Waals surface area contributed by atoms with Gasteiger partial charge in [0.1, 0.15) is 0 Å². The maximum Gasteiger partial charge on any atom is 0.245 e. The van der Waals surface area contributed by atoms with E-state index in [2.05, 4.69) is 11.4 Å². The van der Waals surface area contributed by atoms with Gasteiger partial charge < -0.3 is 10.1 Å². The number of nitriles is 1. The molecule has 94 valence electrons. The lowest BCUT2D eigenvalue weighted by molar-refractivity contribution is -0.149. The van der Waals surface area contributed by atoms with Crippen molar-refractivity contribution in [1.29, 1.82) is 5.26 Å². The zero-order chi connectivity index (χ0) is 13.0. The molecule has 1 aliphatic heterocycles. The van der Waals surface area contributed by atoms with E-state index < -0.39 is 5.41 Å². The number of nitrogens with one attached hydrogen (secondary N) is 1. The van der Waals surface area contributed by atoms with Crippen LogP contribution in [0.5, 0.6) is 0 Å². The van der Waals surface area contributed by atoms with Crippen LogP contribution in [-0.2, 0) is 16.0 Å². The Bertz CT molecular complexity index is 487. The van der Waals surface area contributed by atoms with E-state index in [1.54, 1.807) is 0 Å². The van der Waals surface area contributed by atoms with E-state index in [1.165, 1.54) is 11.1 Å². The summed E-state index contributed by atoms with van der Waals surface area (Å²) in [6.45, 7) is 3.00. The first-order valence-corrected chi connectivity index (χ1v) is 5.99. The Kier molecular flexibility index (Phi) is 3.63. The second kappa shape index (κ2) is 5.19. The summed E-state index contributed by atoms with van der Waals surface area (Å²) < 4.78 is 4.95. The highest BCUT2D eigenvalue weighted by Gasteiger charge is 2.46. The fourth-order valence-corrected chi connectivity index (χ4v) is 1.91. The maximum absolute atomic E-state index is 11.8.